The fraction of sp³-hybridized carbons (Fsp3) is 0.211. The van der Waals surface area contributed by atoms with Crippen molar-refractivity contribution in [3.05, 3.63) is 47.3 Å². The number of anilines is 2. The molecule has 3 rings (SSSR count). The van der Waals surface area contributed by atoms with Crippen molar-refractivity contribution in [1.29, 1.82) is 0 Å². The molecule has 2 aromatic rings. The molecule has 0 fully saturated rings. The van der Waals surface area contributed by atoms with Gasteiger partial charge in [0.25, 0.3) is 5.91 Å². The number of benzene rings is 1. The quantitative estimate of drug-likeness (QED) is 0.417. The van der Waals surface area contributed by atoms with Crippen molar-refractivity contribution in [2.24, 2.45) is 11.5 Å². The molecule has 1 aliphatic heterocycles. The van der Waals surface area contributed by atoms with Gasteiger partial charge < -0.3 is 32.4 Å². The molecular formula is C19H22N6O3. The molecule has 0 radical (unpaired) electrons. The number of rotatable bonds is 6. The summed E-state index contributed by atoms with van der Waals surface area (Å²) in [6.07, 6.45) is 2.06. The molecule has 28 heavy (non-hydrogen) atoms. The summed E-state index contributed by atoms with van der Waals surface area (Å²) in [5.41, 5.74) is 15.3. The van der Waals surface area contributed by atoms with E-state index < -0.39 is 6.03 Å². The number of fused-ring (bicyclic) bond motifs is 1. The summed E-state index contributed by atoms with van der Waals surface area (Å²) in [4.78, 5) is 38.3. The SMILES string of the molecule is C/C(=C1\C(=O)Nc2ccc(NC(N)=O)cc21)c1cc(CNC(=O)CCN)c[nH]1. The number of nitrogens with two attached hydrogens (primary N) is 2. The Hall–Kier alpha value is -3.59. The maximum Gasteiger partial charge on any atom is 0.316 e. The highest BCUT2D eigenvalue weighted by Gasteiger charge is 2.27. The van der Waals surface area contributed by atoms with E-state index in [0.717, 1.165) is 16.8 Å². The summed E-state index contributed by atoms with van der Waals surface area (Å²) in [5, 5.41) is 8.11. The van der Waals surface area contributed by atoms with Crippen molar-refractivity contribution < 1.29 is 14.4 Å². The lowest BCUT2D eigenvalue weighted by molar-refractivity contribution is -0.121. The average Bonchev–Trinajstić information content (AvgIpc) is 3.23. The number of hydrogen-bond acceptors (Lipinski definition) is 4. The van der Waals surface area contributed by atoms with Gasteiger partial charge in [-0.25, -0.2) is 4.79 Å². The number of hydrogen-bond donors (Lipinski definition) is 6. The van der Waals surface area contributed by atoms with Gasteiger partial charge in [0.05, 0.1) is 5.57 Å². The van der Waals surface area contributed by atoms with Gasteiger partial charge in [-0.1, -0.05) is 0 Å². The van der Waals surface area contributed by atoms with Crippen molar-refractivity contribution in [3.8, 4) is 0 Å². The van der Waals surface area contributed by atoms with E-state index in [-0.39, 0.29) is 18.2 Å². The summed E-state index contributed by atoms with van der Waals surface area (Å²) in [7, 11) is 0. The molecule has 146 valence electrons. The topological polar surface area (TPSA) is 155 Å². The molecule has 1 aliphatic rings. The fourth-order valence-electron chi connectivity index (χ4n) is 3.07. The van der Waals surface area contributed by atoms with E-state index in [1.807, 2.05) is 13.0 Å². The summed E-state index contributed by atoms with van der Waals surface area (Å²) >= 11 is 0. The van der Waals surface area contributed by atoms with Gasteiger partial charge in [-0.15, -0.1) is 0 Å². The van der Waals surface area contributed by atoms with Crippen molar-refractivity contribution in [3.63, 3.8) is 0 Å². The lowest BCUT2D eigenvalue weighted by Gasteiger charge is -2.07. The van der Waals surface area contributed by atoms with Crippen LogP contribution in [0, 0.1) is 0 Å². The average molecular weight is 382 g/mol. The standard InChI is InChI=1S/C19H22N6O3/c1-10(15-6-11(8-22-15)9-23-16(26)4-5-20)17-13-7-12(24-19(21)28)2-3-14(13)25-18(17)27/h2-3,6-8,22H,4-5,9,20H2,1H3,(H,23,26)(H,25,27)(H3,21,24,28)/b17-10+. The Morgan fingerprint density at radius 3 is 2.71 bits per heavy atom. The Balaban J connectivity index is 1.87. The Labute approximate surface area is 161 Å². The van der Waals surface area contributed by atoms with Gasteiger partial charge in [0.1, 0.15) is 0 Å². The second-order valence-electron chi connectivity index (χ2n) is 6.44. The number of primary amides is 1. The van der Waals surface area contributed by atoms with Crippen LogP contribution in [0.1, 0.15) is 30.2 Å². The minimum Gasteiger partial charge on any atom is -0.361 e. The number of carbonyl (C=O) groups excluding carboxylic acids is 3. The maximum atomic E-state index is 12.5. The van der Waals surface area contributed by atoms with E-state index in [9.17, 15) is 14.4 Å². The molecule has 0 bridgehead atoms. The second-order valence-corrected chi connectivity index (χ2v) is 6.44. The van der Waals surface area contributed by atoms with Crippen molar-refractivity contribution in [1.82, 2.24) is 10.3 Å². The van der Waals surface area contributed by atoms with Gasteiger partial charge >= 0.3 is 6.03 Å². The first-order valence-electron chi connectivity index (χ1n) is 8.76. The number of aromatic nitrogens is 1. The zero-order valence-electron chi connectivity index (χ0n) is 15.4. The van der Waals surface area contributed by atoms with Gasteiger partial charge in [-0.2, -0.15) is 0 Å². The smallest absolute Gasteiger partial charge is 0.316 e. The highest BCUT2D eigenvalue weighted by atomic mass is 16.2. The van der Waals surface area contributed by atoms with Gasteiger partial charge in [0.2, 0.25) is 5.91 Å². The zero-order valence-corrected chi connectivity index (χ0v) is 15.4. The van der Waals surface area contributed by atoms with E-state index in [0.29, 0.717) is 35.6 Å². The summed E-state index contributed by atoms with van der Waals surface area (Å²) < 4.78 is 0. The molecule has 9 heteroatoms. The number of amides is 4. The minimum atomic E-state index is -0.676. The third-order valence-corrected chi connectivity index (χ3v) is 4.41. The maximum absolute atomic E-state index is 12.5. The molecule has 2 heterocycles. The first kappa shape index (κ1) is 19.2. The van der Waals surface area contributed by atoms with Crippen LogP contribution >= 0.6 is 0 Å². The predicted octanol–water partition coefficient (Wildman–Crippen LogP) is 1.35. The third kappa shape index (κ3) is 4.04. The molecule has 0 saturated heterocycles. The van der Waals surface area contributed by atoms with E-state index in [1.54, 1.807) is 24.4 Å². The molecule has 4 amide bonds. The molecule has 0 spiro atoms. The van der Waals surface area contributed by atoms with Crippen molar-refractivity contribution in [2.45, 2.75) is 19.9 Å². The number of H-pyrrole nitrogens is 1. The fourth-order valence-corrected chi connectivity index (χ4v) is 3.07. The lowest BCUT2D eigenvalue weighted by Crippen LogP contribution is -2.24. The van der Waals surface area contributed by atoms with Crippen molar-refractivity contribution in [2.75, 3.05) is 17.2 Å². The van der Waals surface area contributed by atoms with Crippen LogP contribution in [0.15, 0.2) is 30.5 Å². The molecule has 9 nitrogen and oxygen atoms in total. The number of nitrogens with one attached hydrogen (secondary N) is 4. The molecule has 0 aliphatic carbocycles. The third-order valence-electron chi connectivity index (χ3n) is 4.41. The largest absolute Gasteiger partial charge is 0.361 e. The molecule has 0 atom stereocenters. The highest BCUT2D eigenvalue weighted by molar-refractivity contribution is 6.36. The summed E-state index contributed by atoms with van der Waals surface area (Å²) in [6.45, 7) is 2.50. The lowest BCUT2D eigenvalue weighted by atomic mass is 9.99. The van der Waals surface area contributed by atoms with E-state index in [2.05, 4.69) is 20.9 Å². The Bertz CT molecular complexity index is 976. The normalized spacial score (nSPS) is 14.3. The second kappa shape index (κ2) is 7.97. The monoisotopic (exact) mass is 382 g/mol. The molecule has 1 aromatic heterocycles. The Kier molecular flexibility index (Phi) is 5.46. The van der Waals surface area contributed by atoms with Crippen LogP contribution in [-0.4, -0.2) is 29.4 Å². The molecule has 1 aromatic carbocycles. The molecule has 8 N–H and O–H groups in total. The first-order valence-corrected chi connectivity index (χ1v) is 8.76. The minimum absolute atomic E-state index is 0.112. The van der Waals surface area contributed by atoms with E-state index >= 15 is 0 Å². The van der Waals surface area contributed by atoms with Gasteiger partial charge in [-0.05, 0) is 42.3 Å². The summed E-state index contributed by atoms with van der Waals surface area (Å²) in [6, 6.07) is 6.28. The van der Waals surface area contributed by atoms with E-state index in [1.165, 1.54) is 0 Å². The van der Waals surface area contributed by atoms with Crippen LogP contribution in [0.2, 0.25) is 0 Å². The van der Waals surface area contributed by atoms with Crippen LogP contribution in [0.4, 0.5) is 16.2 Å². The van der Waals surface area contributed by atoms with E-state index in [4.69, 9.17) is 11.5 Å². The Morgan fingerprint density at radius 2 is 2.00 bits per heavy atom. The Morgan fingerprint density at radius 1 is 1.21 bits per heavy atom. The highest BCUT2D eigenvalue weighted by Crippen LogP contribution is 2.38. The van der Waals surface area contributed by atoms with Gasteiger partial charge in [0.15, 0.2) is 0 Å². The first-order chi connectivity index (χ1) is 13.4. The zero-order chi connectivity index (χ0) is 20.3. The number of carbonyl (C=O) groups is 3. The number of allylic oxidation sites excluding steroid dienone is 1. The molecular weight excluding hydrogens is 360 g/mol. The number of aromatic amines is 1. The number of urea groups is 1. The predicted molar refractivity (Wildman–Crippen MR) is 107 cm³/mol. The van der Waals surface area contributed by atoms with Gasteiger partial charge in [-0.3, -0.25) is 9.59 Å². The van der Waals surface area contributed by atoms with Crippen LogP contribution in [0.5, 0.6) is 0 Å². The van der Waals surface area contributed by atoms with Crippen LogP contribution < -0.4 is 27.4 Å². The van der Waals surface area contributed by atoms with Crippen LogP contribution in [-0.2, 0) is 16.1 Å². The van der Waals surface area contributed by atoms with Crippen LogP contribution in [0.3, 0.4) is 0 Å². The molecule has 0 saturated carbocycles. The molecule has 0 unspecified atom stereocenters. The van der Waals surface area contributed by atoms with Crippen LogP contribution in [0.25, 0.3) is 11.1 Å². The summed E-state index contributed by atoms with van der Waals surface area (Å²) in [5.74, 6) is -0.338. The van der Waals surface area contributed by atoms with Gasteiger partial charge in [0, 0.05) is 48.3 Å². The van der Waals surface area contributed by atoms with Crippen molar-refractivity contribution >= 4 is 40.4 Å².